The van der Waals surface area contributed by atoms with E-state index in [4.69, 9.17) is 4.74 Å². The van der Waals surface area contributed by atoms with Crippen molar-refractivity contribution in [1.82, 2.24) is 0 Å². The summed E-state index contributed by atoms with van der Waals surface area (Å²) in [4.78, 5) is 0. The summed E-state index contributed by atoms with van der Waals surface area (Å²) in [6, 6.07) is 6.09. The molecule has 0 aliphatic carbocycles. The van der Waals surface area contributed by atoms with Gasteiger partial charge in [-0.1, -0.05) is 31.5 Å². The Bertz CT molecular complexity index is 364. The fourth-order valence-electron chi connectivity index (χ4n) is 1.82. The highest BCUT2D eigenvalue weighted by Gasteiger charge is 2.10. The van der Waals surface area contributed by atoms with Gasteiger partial charge in [-0.25, -0.2) is 0 Å². The number of rotatable bonds is 7. The summed E-state index contributed by atoms with van der Waals surface area (Å²) in [6.07, 6.45) is 0.361. The van der Waals surface area contributed by atoms with Gasteiger partial charge < -0.3 is 9.84 Å². The summed E-state index contributed by atoms with van der Waals surface area (Å²) in [6.45, 7) is 6.45. The average molecular weight is 268 g/mol. The lowest BCUT2D eigenvalue weighted by atomic mass is 10.0. The zero-order valence-electron chi connectivity index (χ0n) is 11.8. The predicted octanol–water partition coefficient (Wildman–Crippen LogP) is 3.30. The first kappa shape index (κ1) is 15.4. The SMILES string of the molecule is COc1ccc(C)cc1CC(O)CSCC(C)C. The normalized spacial score (nSPS) is 12.8. The van der Waals surface area contributed by atoms with Crippen LogP contribution >= 0.6 is 11.8 Å². The van der Waals surface area contributed by atoms with Crippen molar-refractivity contribution in [3.05, 3.63) is 29.3 Å². The van der Waals surface area contributed by atoms with Crippen molar-refractivity contribution in [3.63, 3.8) is 0 Å². The molecule has 18 heavy (non-hydrogen) atoms. The summed E-state index contributed by atoms with van der Waals surface area (Å²) < 4.78 is 5.33. The molecule has 0 bridgehead atoms. The lowest BCUT2D eigenvalue weighted by molar-refractivity contribution is 0.198. The monoisotopic (exact) mass is 268 g/mol. The number of benzene rings is 1. The summed E-state index contributed by atoms with van der Waals surface area (Å²) >= 11 is 1.82. The van der Waals surface area contributed by atoms with Crippen molar-refractivity contribution in [2.24, 2.45) is 5.92 Å². The Balaban J connectivity index is 2.52. The van der Waals surface area contributed by atoms with Gasteiger partial charge in [0.2, 0.25) is 0 Å². The Morgan fingerprint density at radius 3 is 2.61 bits per heavy atom. The molecule has 0 spiro atoms. The van der Waals surface area contributed by atoms with Crippen molar-refractivity contribution < 1.29 is 9.84 Å². The fraction of sp³-hybridized carbons (Fsp3) is 0.600. The number of ether oxygens (including phenoxy) is 1. The molecule has 0 aliphatic rings. The second-order valence-corrected chi connectivity index (χ2v) is 6.18. The maximum atomic E-state index is 10.0. The third-order valence-electron chi connectivity index (χ3n) is 2.65. The molecule has 0 aliphatic heterocycles. The van der Waals surface area contributed by atoms with Gasteiger partial charge in [0, 0.05) is 12.2 Å². The molecule has 1 aromatic rings. The van der Waals surface area contributed by atoms with Crippen LogP contribution in [0.15, 0.2) is 18.2 Å². The van der Waals surface area contributed by atoms with Crippen LogP contribution in [0.1, 0.15) is 25.0 Å². The molecule has 0 amide bonds. The second kappa shape index (κ2) is 7.70. The van der Waals surface area contributed by atoms with Crippen LogP contribution in [0.5, 0.6) is 5.75 Å². The third kappa shape index (κ3) is 5.32. The van der Waals surface area contributed by atoms with Gasteiger partial charge in [0.1, 0.15) is 5.75 Å². The van der Waals surface area contributed by atoms with Gasteiger partial charge in [-0.3, -0.25) is 0 Å². The highest BCUT2D eigenvalue weighted by atomic mass is 32.2. The van der Waals surface area contributed by atoms with Gasteiger partial charge in [-0.2, -0.15) is 11.8 Å². The molecule has 1 N–H and O–H groups in total. The van der Waals surface area contributed by atoms with Gasteiger partial charge in [-0.05, 0) is 30.2 Å². The van der Waals surface area contributed by atoms with Crippen LogP contribution < -0.4 is 4.74 Å². The Hall–Kier alpha value is -0.670. The van der Waals surface area contributed by atoms with Crippen LogP contribution in [0.3, 0.4) is 0 Å². The smallest absolute Gasteiger partial charge is 0.122 e. The van der Waals surface area contributed by atoms with E-state index < -0.39 is 0 Å². The lowest BCUT2D eigenvalue weighted by Crippen LogP contribution is -2.15. The van der Waals surface area contributed by atoms with Crippen LogP contribution in [0.25, 0.3) is 0 Å². The quantitative estimate of drug-likeness (QED) is 0.823. The average Bonchev–Trinajstić information content (AvgIpc) is 2.28. The maximum Gasteiger partial charge on any atom is 0.122 e. The first-order chi connectivity index (χ1) is 8.52. The molecule has 0 fully saturated rings. The first-order valence-electron chi connectivity index (χ1n) is 6.42. The zero-order valence-corrected chi connectivity index (χ0v) is 12.6. The van der Waals surface area contributed by atoms with E-state index >= 15 is 0 Å². The topological polar surface area (TPSA) is 29.5 Å². The zero-order chi connectivity index (χ0) is 13.5. The molecule has 102 valence electrons. The first-order valence-corrected chi connectivity index (χ1v) is 7.57. The maximum absolute atomic E-state index is 10.0. The van der Waals surface area contributed by atoms with E-state index in [1.54, 1.807) is 7.11 Å². The largest absolute Gasteiger partial charge is 0.496 e. The number of methoxy groups -OCH3 is 1. The van der Waals surface area contributed by atoms with E-state index in [0.717, 1.165) is 22.8 Å². The molecule has 1 atom stereocenters. The van der Waals surface area contributed by atoms with E-state index in [9.17, 15) is 5.11 Å². The number of aryl methyl sites for hydroxylation is 1. The van der Waals surface area contributed by atoms with Crippen molar-refractivity contribution in [2.45, 2.75) is 33.3 Å². The Kier molecular flexibility index (Phi) is 6.58. The molecular weight excluding hydrogens is 244 g/mol. The molecule has 1 aromatic carbocycles. The van der Waals surface area contributed by atoms with E-state index in [-0.39, 0.29) is 6.10 Å². The second-order valence-electron chi connectivity index (χ2n) is 5.10. The molecule has 0 radical (unpaired) electrons. The Labute approximate surface area is 115 Å². The van der Waals surface area contributed by atoms with Gasteiger partial charge >= 0.3 is 0 Å². The summed E-state index contributed by atoms with van der Waals surface area (Å²) in [7, 11) is 1.67. The molecular formula is C15H24O2S. The number of aliphatic hydroxyl groups excluding tert-OH is 1. The summed E-state index contributed by atoms with van der Waals surface area (Å²) in [5.74, 6) is 3.43. The number of thioether (sulfide) groups is 1. The van der Waals surface area contributed by atoms with E-state index in [0.29, 0.717) is 12.3 Å². The number of hydrogen-bond acceptors (Lipinski definition) is 3. The molecule has 1 unspecified atom stereocenters. The molecule has 0 saturated heterocycles. The van der Waals surface area contributed by atoms with Gasteiger partial charge in [0.05, 0.1) is 13.2 Å². The van der Waals surface area contributed by atoms with E-state index in [1.807, 2.05) is 23.9 Å². The summed E-state index contributed by atoms with van der Waals surface area (Å²) in [5, 5.41) is 10.0. The van der Waals surface area contributed by atoms with Crippen molar-refractivity contribution >= 4 is 11.8 Å². The van der Waals surface area contributed by atoms with Crippen LogP contribution in [0, 0.1) is 12.8 Å². The standard InChI is InChI=1S/C15H24O2S/c1-11(2)9-18-10-14(16)8-13-7-12(3)5-6-15(13)17-4/h5-7,11,14,16H,8-10H2,1-4H3. The highest BCUT2D eigenvalue weighted by molar-refractivity contribution is 7.99. The van der Waals surface area contributed by atoms with E-state index in [1.165, 1.54) is 5.56 Å². The van der Waals surface area contributed by atoms with Crippen LogP contribution in [-0.4, -0.2) is 29.8 Å². The summed E-state index contributed by atoms with van der Waals surface area (Å²) in [5.41, 5.74) is 2.29. The van der Waals surface area contributed by atoms with E-state index in [2.05, 4.69) is 26.8 Å². The Morgan fingerprint density at radius 1 is 1.28 bits per heavy atom. The third-order valence-corrected chi connectivity index (χ3v) is 4.18. The van der Waals surface area contributed by atoms with Crippen LogP contribution in [0.4, 0.5) is 0 Å². The molecule has 0 saturated carbocycles. The molecule has 1 rings (SSSR count). The lowest BCUT2D eigenvalue weighted by Gasteiger charge is -2.14. The van der Waals surface area contributed by atoms with Crippen molar-refractivity contribution in [1.29, 1.82) is 0 Å². The molecule has 2 nitrogen and oxygen atoms in total. The Morgan fingerprint density at radius 2 is 2.00 bits per heavy atom. The minimum atomic E-state index is -0.301. The van der Waals surface area contributed by atoms with Gasteiger partial charge in [-0.15, -0.1) is 0 Å². The number of hydrogen-bond donors (Lipinski definition) is 1. The molecule has 3 heteroatoms. The molecule has 0 aromatic heterocycles. The highest BCUT2D eigenvalue weighted by Crippen LogP contribution is 2.22. The minimum Gasteiger partial charge on any atom is -0.496 e. The predicted molar refractivity (Wildman–Crippen MR) is 79.6 cm³/mol. The number of aliphatic hydroxyl groups is 1. The molecule has 0 heterocycles. The minimum absolute atomic E-state index is 0.301. The van der Waals surface area contributed by atoms with Crippen molar-refractivity contribution in [3.8, 4) is 5.75 Å². The fourth-order valence-corrected chi connectivity index (χ4v) is 2.82. The van der Waals surface area contributed by atoms with Gasteiger partial charge in [0.25, 0.3) is 0 Å². The van der Waals surface area contributed by atoms with Crippen molar-refractivity contribution in [2.75, 3.05) is 18.6 Å². The van der Waals surface area contributed by atoms with Gasteiger partial charge in [0.15, 0.2) is 0 Å². The van der Waals surface area contributed by atoms with Crippen LogP contribution in [0.2, 0.25) is 0 Å². The van der Waals surface area contributed by atoms with Crippen LogP contribution in [-0.2, 0) is 6.42 Å².